The standard InChI is InChI=1S/C11H22N4O2/c1-2-3-6-17-9-11(16)8-15-7-10(4-5-12)13-14-15/h7,11,16H,2-6,8-9,12H2,1H3. The molecular weight excluding hydrogens is 220 g/mol. The van der Waals surface area contributed by atoms with Crippen LogP contribution in [-0.4, -0.2) is 46.0 Å². The minimum absolute atomic E-state index is 0.339. The highest BCUT2D eigenvalue weighted by Gasteiger charge is 2.07. The number of aliphatic hydroxyl groups is 1. The number of nitrogens with two attached hydrogens (primary N) is 1. The van der Waals surface area contributed by atoms with Gasteiger partial charge >= 0.3 is 0 Å². The predicted octanol–water partition coefficient (Wildman–Crippen LogP) is -0.0431. The Labute approximate surface area is 102 Å². The van der Waals surface area contributed by atoms with Crippen LogP contribution in [0.3, 0.4) is 0 Å². The Morgan fingerprint density at radius 3 is 3.12 bits per heavy atom. The third kappa shape index (κ3) is 5.76. The quantitative estimate of drug-likeness (QED) is 0.593. The summed E-state index contributed by atoms with van der Waals surface area (Å²) >= 11 is 0. The SMILES string of the molecule is CCCCOCC(O)Cn1cc(CCN)nn1. The number of nitrogens with zero attached hydrogens (tertiary/aromatic N) is 3. The molecule has 1 rings (SSSR count). The molecular formula is C11H22N4O2. The van der Waals surface area contributed by atoms with Crippen LogP contribution in [-0.2, 0) is 17.7 Å². The molecule has 0 aliphatic heterocycles. The molecule has 1 atom stereocenters. The highest BCUT2D eigenvalue weighted by molar-refractivity contribution is 4.92. The van der Waals surface area contributed by atoms with Gasteiger partial charge in [-0.15, -0.1) is 5.10 Å². The third-order valence-corrected chi connectivity index (χ3v) is 2.34. The van der Waals surface area contributed by atoms with Crippen molar-refractivity contribution < 1.29 is 9.84 Å². The van der Waals surface area contributed by atoms with E-state index < -0.39 is 6.10 Å². The highest BCUT2D eigenvalue weighted by Crippen LogP contribution is 1.97. The summed E-state index contributed by atoms with van der Waals surface area (Å²) in [5.41, 5.74) is 6.27. The first-order valence-corrected chi connectivity index (χ1v) is 6.11. The fourth-order valence-corrected chi connectivity index (χ4v) is 1.42. The molecule has 0 fully saturated rings. The van der Waals surface area contributed by atoms with Crippen molar-refractivity contribution in [1.29, 1.82) is 0 Å². The van der Waals surface area contributed by atoms with Crippen LogP contribution in [0.15, 0.2) is 6.20 Å². The van der Waals surface area contributed by atoms with Gasteiger partial charge in [-0.2, -0.15) is 0 Å². The van der Waals surface area contributed by atoms with Crippen molar-refractivity contribution in [2.24, 2.45) is 5.73 Å². The zero-order valence-electron chi connectivity index (χ0n) is 10.4. The van der Waals surface area contributed by atoms with Crippen molar-refractivity contribution in [3.63, 3.8) is 0 Å². The second-order valence-corrected chi connectivity index (χ2v) is 4.05. The summed E-state index contributed by atoms with van der Waals surface area (Å²) in [6.07, 6.45) is 4.10. The molecule has 0 saturated heterocycles. The van der Waals surface area contributed by atoms with Gasteiger partial charge in [0.1, 0.15) is 0 Å². The van der Waals surface area contributed by atoms with E-state index in [-0.39, 0.29) is 0 Å². The fraction of sp³-hybridized carbons (Fsp3) is 0.818. The number of unbranched alkanes of at least 4 members (excludes halogenated alkanes) is 1. The first kappa shape index (κ1) is 14.1. The van der Waals surface area contributed by atoms with Gasteiger partial charge in [-0.3, -0.25) is 0 Å². The molecule has 1 unspecified atom stereocenters. The van der Waals surface area contributed by atoms with Gasteiger partial charge in [-0.05, 0) is 13.0 Å². The van der Waals surface area contributed by atoms with Gasteiger partial charge in [0.05, 0.1) is 24.9 Å². The van der Waals surface area contributed by atoms with Gasteiger partial charge in [0, 0.05) is 19.2 Å². The molecule has 0 saturated carbocycles. The fourth-order valence-electron chi connectivity index (χ4n) is 1.42. The van der Waals surface area contributed by atoms with E-state index in [1.54, 1.807) is 4.68 Å². The van der Waals surface area contributed by atoms with Gasteiger partial charge in [0.2, 0.25) is 0 Å². The van der Waals surface area contributed by atoms with E-state index in [1.807, 2.05) is 6.20 Å². The second kappa shape index (κ2) is 8.16. The smallest absolute Gasteiger partial charge is 0.0969 e. The molecule has 0 radical (unpaired) electrons. The average molecular weight is 242 g/mol. The van der Waals surface area contributed by atoms with Crippen LogP contribution in [0, 0.1) is 0 Å². The Hall–Kier alpha value is -0.980. The molecule has 3 N–H and O–H groups in total. The molecule has 6 nitrogen and oxygen atoms in total. The van der Waals surface area contributed by atoms with E-state index >= 15 is 0 Å². The summed E-state index contributed by atoms with van der Waals surface area (Å²) in [6.45, 7) is 4.11. The van der Waals surface area contributed by atoms with Crippen LogP contribution in [0.1, 0.15) is 25.5 Å². The largest absolute Gasteiger partial charge is 0.389 e. The minimum atomic E-state index is -0.542. The monoisotopic (exact) mass is 242 g/mol. The lowest BCUT2D eigenvalue weighted by Gasteiger charge is -2.10. The number of hydrogen-bond donors (Lipinski definition) is 2. The summed E-state index contributed by atoms with van der Waals surface area (Å²) in [6, 6.07) is 0. The van der Waals surface area contributed by atoms with Crippen LogP contribution in [0.2, 0.25) is 0 Å². The van der Waals surface area contributed by atoms with Gasteiger partial charge in [-0.1, -0.05) is 18.6 Å². The molecule has 1 aromatic rings. The maximum Gasteiger partial charge on any atom is 0.0969 e. The molecule has 0 spiro atoms. The van der Waals surface area contributed by atoms with Gasteiger partial charge in [-0.25, -0.2) is 4.68 Å². The van der Waals surface area contributed by atoms with E-state index in [1.165, 1.54) is 0 Å². The van der Waals surface area contributed by atoms with Crippen molar-refractivity contribution in [2.75, 3.05) is 19.8 Å². The molecule has 17 heavy (non-hydrogen) atoms. The van der Waals surface area contributed by atoms with E-state index in [0.29, 0.717) is 32.7 Å². The Morgan fingerprint density at radius 1 is 1.59 bits per heavy atom. The van der Waals surface area contributed by atoms with Crippen molar-refractivity contribution in [3.8, 4) is 0 Å². The van der Waals surface area contributed by atoms with Crippen LogP contribution < -0.4 is 5.73 Å². The maximum atomic E-state index is 9.70. The van der Waals surface area contributed by atoms with Crippen LogP contribution in [0.5, 0.6) is 0 Å². The molecule has 0 amide bonds. The van der Waals surface area contributed by atoms with E-state index in [9.17, 15) is 5.11 Å². The summed E-state index contributed by atoms with van der Waals surface area (Å²) in [5, 5.41) is 17.6. The van der Waals surface area contributed by atoms with E-state index in [0.717, 1.165) is 18.5 Å². The molecule has 98 valence electrons. The number of ether oxygens (including phenoxy) is 1. The van der Waals surface area contributed by atoms with Gasteiger partial charge in [0.15, 0.2) is 0 Å². The average Bonchev–Trinajstić information content (AvgIpc) is 2.73. The molecule has 0 aliphatic rings. The topological polar surface area (TPSA) is 86.2 Å². The molecule has 6 heteroatoms. The first-order valence-electron chi connectivity index (χ1n) is 6.11. The Balaban J connectivity index is 2.22. The summed E-state index contributed by atoms with van der Waals surface area (Å²) in [5.74, 6) is 0. The molecule has 0 aliphatic carbocycles. The first-order chi connectivity index (χ1) is 8.26. The van der Waals surface area contributed by atoms with Gasteiger partial charge < -0.3 is 15.6 Å². The summed E-state index contributed by atoms with van der Waals surface area (Å²) < 4.78 is 6.95. The maximum absolute atomic E-state index is 9.70. The Bertz CT molecular complexity index is 303. The van der Waals surface area contributed by atoms with Crippen LogP contribution in [0.25, 0.3) is 0 Å². The number of aromatic nitrogens is 3. The van der Waals surface area contributed by atoms with Crippen molar-refractivity contribution in [3.05, 3.63) is 11.9 Å². The van der Waals surface area contributed by atoms with Crippen molar-refractivity contribution in [1.82, 2.24) is 15.0 Å². The number of aliphatic hydroxyl groups excluding tert-OH is 1. The molecule has 0 bridgehead atoms. The predicted molar refractivity (Wildman–Crippen MR) is 64.5 cm³/mol. The van der Waals surface area contributed by atoms with Crippen LogP contribution in [0.4, 0.5) is 0 Å². The molecule has 1 aromatic heterocycles. The normalized spacial score (nSPS) is 12.9. The number of hydrogen-bond acceptors (Lipinski definition) is 5. The lowest BCUT2D eigenvalue weighted by atomic mass is 10.3. The van der Waals surface area contributed by atoms with E-state index in [4.69, 9.17) is 10.5 Å². The van der Waals surface area contributed by atoms with Crippen LogP contribution >= 0.6 is 0 Å². The zero-order chi connectivity index (χ0) is 12.5. The lowest BCUT2D eigenvalue weighted by molar-refractivity contribution is 0.0251. The number of rotatable bonds is 9. The zero-order valence-corrected chi connectivity index (χ0v) is 10.4. The third-order valence-electron chi connectivity index (χ3n) is 2.34. The lowest BCUT2D eigenvalue weighted by Crippen LogP contribution is -2.22. The van der Waals surface area contributed by atoms with Crippen molar-refractivity contribution >= 4 is 0 Å². The van der Waals surface area contributed by atoms with Crippen molar-refractivity contribution in [2.45, 2.75) is 38.8 Å². The summed E-state index contributed by atoms with van der Waals surface area (Å²) in [4.78, 5) is 0. The summed E-state index contributed by atoms with van der Waals surface area (Å²) in [7, 11) is 0. The Morgan fingerprint density at radius 2 is 2.41 bits per heavy atom. The van der Waals surface area contributed by atoms with E-state index in [2.05, 4.69) is 17.2 Å². The Kier molecular flexibility index (Phi) is 6.76. The molecule has 1 heterocycles. The minimum Gasteiger partial charge on any atom is -0.389 e. The molecule has 0 aromatic carbocycles. The highest BCUT2D eigenvalue weighted by atomic mass is 16.5. The van der Waals surface area contributed by atoms with Gasteiger partial charge in [0.25, 0.3) is 0 Å². The second-order valence-electron chi connectivity index (χ2n) is 4.05.